The molecule has 1 aliphatic heterocycles. The Balaban J connectivity index is 1.29. The Bertz CT molecular complexity index is 807. The van der Waals surface area contributed by atoms with E-state index in [9.17, 15) is 9.18 Å². The second kappa shape index (κ2) is 7.82. The van der Waals surface area contributed by atoms with Gasteiger partial charge >= 0.3 is 6.03 Å². The summed E-state index contributed by atoms with van der Waals surface area (Å²) in [6.07, 6.45) is 4.50. The first-order valence-corrected chi connectivity index (χ1v) is 10.2. The van der Waals surface area contributed by atoms with Crippen LogP contribution in [0, 0.1) is 11.7 Å². The lowest BCUT2D eigenvalue weighted by Crippen LogP contribution is -2.35. The fourth-order valence-electron chi connectivity index (χ4n) is 3.97. The zero-order chi connectivity index (χ0) is 19.6. The molecule has 1 heterocycles. The van der Waals surface area contributed by atoms with Gasteiger partial charge in [-0.2, -0.15) is 0 Å². The highest BCUT2D eigenvalue weighted by Crippen LogP contribution is 2.47. The van der Waals surface area contributed by atoms with Crippen molar-refractivity contribution in [1.29, 1.82) is 0 Å². The summed E-state index contributed by atoms with van der Waals surface area (Å²) in [6.45, 7) is 5.07. The third-order valence-corrected chi connectivity index (χ3v) is 6.17. The van der Waals surface area contributed by atoms with Gasteiger partial charge in [0, 0.05) is 36.4 Å². The van der Waals surface area contributed by atoms with Gasteiger partial charge in [0.2, 0.25) is 0 Å². The number of carbonyl (C=O) groups is 1. The number of rotatable bonds is 5. The zero-order valence-electron chi connectivity index (χ0n) is 16.4. The maximum Gasteiger partial charge on any atom is 0.319 e. The molecule has 2 aromatic rings. The van der Waals surface area contributed by atoms with Crippen molar-refractivity contribution >= 4 is 17.4 Å². The van der Waals surface area contributed by atoms with Crippen molar-refractivity contribution < 1.29 is 9.18 Å². The third kappa shape index (κ3) is 4.29. The Labute approximate surface area is 166 Å². The van der Waals surface area contributed by atoms with E-state index in [1.807, 2.05) is 24.3 Å². The van der Waals surface area contributed by atoms with Crippen molar-refractivity contribution in [3.05, 3.63) is 59.9 Å². The normalized spacial score (nSPS) is 18.6. The fourth-order valence-corrected chi connectivity index (χ4v) is 3.97. The van der Waals surface area contributed by atoms with Crippen LogP contribution in [0.15, 0.2) is 48.5 Å². The Morgan fingerprint density at radius 1 is 1.07 bits per heavy atom. The molecule has 1 aliphatic carbocycles. The van der Waals surface area contributed by atoms with E-state index < -0.39 is 0 Å². The van der Waals surface area contributed by atoms with Gasteiger partial charge in [0.1, 0.15) is 5.82 Å². The smallest absolute Gasteiger partial charge is 0.319 e. The molecule has 0 atom stereocenters. The number of amides is 2. The van der Waals surface area contributed by atoms with E-state index in [0.29, 0.717) is 6.54 Å². The van der Waals surface area contributed by atoms with E-state index >= 15 is 0 Å². The highest BCUT2D eigenvalue weighted by molar-refractivity contribution is 5.89. The predicted molar refractivity (Wildman–Crippen MR) is 111 cm³/mol. The summed E-state index contributed by atoms with van der Waals surface area (Å²) in [6, 6.07) is 14.5. The zero-order valence-corrected chi connectivity index (χ0v) is 16.4. The van der Waals surface area contributed by atoms with Crippen molar-refractivity contribution in [2.75, 3.05) is 29.9 Å². The minimum absolute atomic E-state index is 0.0414. The lowest BCUT2D eigenvalue weighted by atomic mass is 9.96. The monoisotopic (exact) mass is 381 g/mol. The number of nitrogens with zero attached hydrogens (tertiary/aromatic N) is 1. The largest absolute Gasteiger partial charge is 0.372 e. The van der Waals surface area contributed by atoms with Gasteiger partial charge in [-0.25, -0.2) is 9.18 Å². The summed E-state index contributed by atoms with van der Waals surface area (Å²) >= 11 is 0. The van der Waals surface area contributed by atoms with E-state index in [0.717, 1.165) is 43.1 Å². The quantitative estimate of drug-likeness (QED) is 0.772. The van der Waals surface area contributed by atoms with Crippen molar-refractivity contribution in [3.63, 3.8) is 0 Å². The topological polar surface area (TPSA) is 44.4 Å². The average molecular weight is 381 g/mol. The number of halogens is 1. The number of hydrogen-bond donors (Lipinski definition) is 2. The number of nitrogens with one attached hydrogen (secondary N) is 2. The molecule has 2 N–H and O–H groups in total. The third-order valence-electron chi connectivity index (χ3n) is 6.17. The number of carbonyl (C=O) groups excluding carboxylic acids is 1. The molecule has 2 aromatic carbocycles. The number of anilines is 2. The van der Waals surface area contributed by atoms with Crippen LogP contribution in [0.3, 0.4) is 0 Å². The van der Waals surface area contributed by atoms with E-state index in [1.54, 1.807) is 0 Å². The number of urea groups is 1. The first-order valence-electron chi connectivity index (χ1n) is 10.2. The maximum absolute atomic E-state index is 13.1. The molecule has 1 saturated heterocycles. The van der Waals surface area contributed by atoms with Crippen molar-refractivity contribution in [1.82, 2.24) is 5.32 Å². The molecule has 4 nitrogen and oxygen atoms in total. The lowest BCUT2D eigenvalue weighted by molar-refractivity contribution is 0.251. The van der Waals surface area contributed by atoms with Gasteiger partial charge in [-0.1, -0.05) is 19.1 Å². The molecule has 4 rings (SSSR count). The van der Waals surface area contributed by atoms with Crippen molar-refractivity contribution in [2.45, 2.75) is 38.0 Å². The van der Waals surface area contributed by atoms with Gasteiger partial charge in [-0.3, -0.25) is 0 Å². The van der Waals surface area contributed by atoms with Crippen LogP contribution >= 0.6 is 0 Å². The Kier molecular flexibility index (Phi) is 5.25. The molecular weight excluding hydrogens is 353 g/mol. The van der Waals surface area contributed by atoms with Gasteiger partial charge in [0.25, 0.3) is 0 Å². The maximum atomic E-state index is 13.1. The Morgan fingerprint density at radius 3 is 2.32 bits per heavy atom. The van der Waals surface area contributed by atoms with Crippen LogP contribution < -0.4 is 15.5 Å². The van der Waals surface area contributed by atoms with Gasteiger partial charge in [-0.15, -0.1) is 0 Å². The predicted octanol–water partition coefficient (Wildman–Crippen LogP) is 4.92. The van der Waals surface area contributed by atoms with Crippen LogP contribution in [-0.4, -0.2) is 25.7 Å². The van der Waals surface area contributed by atoms with Crippen LogP contribution in [0.1, 0.15) is 38.2 Å². The summed E-state index contributed by atoms with van der Waals surface area (Å²) in [5, 5.41) is 5.89. The highest BCUT2D eigenvalue weighted by Gasteiger charge is 2.44. The van der Waals surface area contributed by atoms with Crippen LogP contribution in [0.4, 0.5) is 20.6 Å². The number of benzene rings is 2. The second-order valence-electron chi connectivity index (χ2n) is 8.31. The van der Waals surface area contributed by atoms with Crippen LogP contribution in [0.2, 0.25) is 0 Å². The molecule has 2 fully saturated rings. The number of piperidine rings is 1. The molecular formula is C23H28FN3O. The molecule has 2 amide bonds. The van der Waals surface area contributed by atoms with Gasteiger partial charge in [-0.05, 0) is 73.6 Å². The molecule has 0 radical (unpaired) electrons. The van der Waals surface area contributed by atoms with Gasteiger partial charge in [0.05, 0.1) is 0 Å². The SMILES string of the molecule is CC1CCN(c2ccc(NC(=O)NCC3(c4ccc(F)cc4)CC3)cc2)CC1. The molecule has 148 valence electrons. The standard InChI is InChI=1S/C23H28FN3O/c1-17-10-14-27(15-11-17)21-8-6-20(7-9-21)26-22(28)25-16-23(12-13-23)18-2-4-19(24)5-3-18/h2-9,17H,10-16H2,1H3,(H2,25,26,28). The van der Waals surface area contributed by atoms with Crippen LogP contribution in [0.5, 0.6) is 0 Å². The molecule has 28 heavy (non-hydrogen) atoms. The van der Waals surface area contributed by atoms with Crippen molar-refractivity contribution in [2.24, 2.45) is 5.92 Å². The van der Waals surface area contributed by atoms with E-state index in [2.05, 4.69) is 34.6 Å². The lowest BCUT2D eigenvalue weighted by Gasteiger charge is -2.32. The van der Waals surface area contributed by atoms with Crippen LogP contribution in [-0.2, 0) is 5.41 Å². The summed E-state index contributed by atoms with van der Waals surface area (Å²) < 4.78 is 13.1. The minimum Gasteiger partial charge on any atom is -0.372 e. The summed E-state index contributed by atoms with van der Waals surface area (Å²) in [5.41, 5.74) is 3.05. The fraction of sp³-hybridized carbons (Fsp3) is 0.435. The Morgan fingerprint density at radius 2 is 1.71 bits per heavy atom. The average Bonchev–Trinajstić information content (AvgIpc) is 3.49. The van der Waals surface area contributed by atoms with Crippen LogP contribution in [0.25, 0.3) is 0 Å². The van der Waals surface area contributed by atoms with E-state index in [-0.39, 0.29) is 17.3 Å². The van der Waals surface area contributed by atoms with Crippen molar-refractivity contribution in [3.8, 4) is 0 Å². The molecule has 0 aromatic heterocycles. The summed E-state index contributed by atoms with van der Waals surface area (Å²) in [7, 11) is 0. The summed E-state index contributed by atoms with van der Waals surface area (Å²) in [4.78, 5) is 14.7. The highest BCUT2D eigenvalue weighted by atomic mass is 19.1. The molecule has 2 aliphatic rings. The second-order valence-corrected chi connectivity index (χ2v) is 8.31. The number of hydrogen-bond acceptors (Lipinski definition) is 2. The first-order chi connectivity index (χ1) is 13.5. The molecule has 5 heteroatoms. The molecule has 1 saturated carbocycles. The summed E-state index contributed by atoms with van der Waals surface area (Å²) in [5.74, 6) is 0.582. The molecule has 0 bridgehead atoms. The molecule has 0 unspecified atom stereocenters. The Hall–Kier alpha value is -2.56. The molecule has 0 spiro atoms. The van der Waals surface area contributed by atoms with Gasteiger partial charge < -0.3 is 15.5 Å². The van der Waals surface area contributed by atoms with E-state index in [4.69, 9.17) is 0 Å². The van der Waals surface area contributed by atoms with E-state index in [1.165, 1.54) is 30.7 Å². The minimum atomic E-state index is -0.229. The first kappa shape index (κ1) is 18.8. The van der Waals surface area contributed by atoms with Gasteiger partial charge in [0.15, 0.2) is 0 Å².